The quantitative estimate of drug-likeness (QED) is 0.788. The zero-order valence-electron chi connectivity index (χ0n) is 16.0. The maximum Gasteiger partial charge on any atom is 0.225 e. The predicted molar refractivity (Wildman–Crippen MR) is 109 cm³/mol. The largest absolute Gasteiger partial charge is 0.338 e. The number of hydrogen-bond donors (Lipinski definition) is 0. The molecule has 6 heteroatoms. The van der Waals surface area contributed by atoms with Crippen molar-refractivity contribution in [3.63, 3.8) is 0 Å². The molecule has 3 heterocycles. The van der Waals surface area contributed by atoms with Crippen LogP contribution >= 0.6 is 0 Å². The highest BCUT2D eigenvalue weighted by Gasteiger charge is 2.43. The minimum absolute atomic E-state index is 0.140. The van der Waals surface area contributed by atoms with E-state index in [1.807, 2.05) is 18.5 Å². The Bertz CT molecular complexity index is 742. The average molecular weight is 364 g/mol. The van der Waals surface area contributed by atoms with Gasteiger partial charge in [0, 0.05) is 45.1 Å². The number of unbranched alkanes of at least 4 members (excludes halogenated alkanes) is 1. The minimum atomic E-state index is -0.140. The summed E-state index contributed by atoms with van der Waals surface area (Å²) >= 11 is 0. The summed E-state index contributed by atoms with van der Waals surface area (Å²) < 4.78 is 0. The molecule has 1 unspecified atom stereocenters. The van der Waals surface area contributed by atoms with Crippen LogP contribution in [0.25, 0.3) is 0 Å². The van der Waals surface area contributed by atoms with Crippen molar-refractivity contribution in [3.8, 4) is 0 Å². The molecule has 0 radical (unpaired) electrons. The van der Waals surface area contributed by atoms with Crippen molar-refractivity contribution < 1.29 is 0 Å². The predicted octanol–water partition coefficient (Wildman–Crippen LogP) is 2.60. The summed E-state index contributed by atoms with van der Waals surface area (Å²) in [6, 6.07) is 12.7. The van der Waals surface area contributed by atoms with Crippen molar-refractivity contribution in [2.45, 2.75) is 25.3 Å². The molecule has 4 rings (SSSR count). The summed E-state index contributed by atoms with van der Waals surface area (Å²) in [5.74, 6) is 0.829. The summed E-state index contributed by atoms with van der Waals surface area (Å²) in [7, 11) is 0. The van der Waals surface area contributed by atoms with E-state index in [1.54, 1.807) is 0 Å². The number of benzene rings is 1. The lowest BCUT2D eigenvalue weighted by molar-refractivity contribution is 0.113. The molecular weight excluding hydrogens is 336 g/mol. The smallest absolute Gasteiger partial charge is 0.225 e. The summed E-state index contributed by atoms with van der Waals surface area (Å²) in [4.78, 5) is 13.7. The van der Waals surface area contributed by atoms with E-state index < -0.39 is 0 Å². The van der Waals surface area contributed by atoms with Crippen LogP contribution in [0.1, 0.15) is 25.3 Å². The molecule has 27 heavy (non-hydrogen) atoms. The number of rotatable bonds is 6. The Morgan fingerprint density at radius 2 is 1.70 bits per heavy atom. The summed E-state index contributed by atoms with van der Waals surface area (Å²) in [6.07, 6.45) is 8.18. The fourth-order valence-electron chi connectivity index (χ4n) is 4.03. The van der Waals surface area contributed by atoms with Gasteiger partial charge in [0.05, 0.1) is 12.8 Å². The molecule has 0 bridgehead atoms. The van der Waals surface area contributed by atoms with Crippen LogP contribution in [0.3, 0.4) is 0 Å². The Labute approximate surface area is 161 Å². The number of nitrogens with zero attached hydrogens (tertiary/aromatic N) is 6. The van der Waals surface area contributed by atoms with Gasteiger partial charge in [-0.15, -0.1) is 0 Å². The lowest BCUT2D eigenvalue weighted by atomic mass is 9.88. The van der Waals surface area contributed by atoms with Gasteiger partial charge in [0.25, 0.3) is 0 Å². The number of piperazine rings is 1. The Kier molecular flexibility index (Phi) is 5.34. The van der Waals surface area contributed by atoms with Gasteiger partial charge in [-0.05, 0) is 18.1 Å². The zero-order chi connectivity index (χ0) is 18.5. The topological polar surface area (TPSA) is 47.9 Å². The van der Waals surface area contributed by atoms with Crippen molar-refractivity contribution in [1.29, 1.82) is 0 Å². The maximum absolute atomic E-state index is 4.78. The molecular formula is C21H28N6. The fourth-order valence-corrected chi connectivity index (χ4v) is 4.03. The average Bonchev–Trinajstić information content (AvgIpc) is 3.19. The van der Waals surface area contributed by atoms with Gasteiger partial charge in [-0.2, -0.15) is 5.10 Å². The van der Waals surface area contributed by atoms with E-state index in [9.17, 15) is 0 Å². The van der Waals surface area contributed by atoms with E-state index in [-0.39, 0.29) is 5.54 Å². The standard InChI is InChI=1S/C21H28N6/c1-2-3-12-27-18-21(17-24-27,19-8-5-4-6-9-19)26-15-13-25(14-16-26)20-22-10-7-11-23-20/h4-11,17H,2-3,12-16,18H2,1H3. The summed E-state index contributed by atoms with van der Waals surface area (Å²) in [5, 5.41) is 7.02. The molecule has 0 amide bonds. The van der Waals surface area contributed by atoms with Gasteiger partial charge in [0.15, 0.2) is 0 Å². The molecule has 2 aliphatic heterocycles. The molecule has 0 N–H and O–H groups in total. The Morgan fingerprint density at radius 3 is 2.41 bits per heavy atom. The van der Waals surface area contributed by atoms with E-state index >= 15 is 0 Å². The lowest BCUT2D eigenvalue weighted by Gasteiger charge is -2.44. The van der Waals surface area contributed by atoms with E-state index in [2.05, 4.69) is 68.2 Å². The van der Waals surface area contributed by atoms with Gasteiger partial charge in [0.1, 0.15) is 5.54 Å². The van der Waals surface area contributed by atoms with Crippen LogP contribution in [0.5, 0.6) is 0 Å². The van der Waals surface area contributed by atoms with Crippen molar-refractivity contribution >= 4 is 12.2 Å². The third-order valence-electron chi connectivity index (χ3n) is 5.58. The number of hydrogen-bond acceptors (Lipinski definition) is 6. The van der Waals surface area contributed by atoms with Crippen LogP contribution in [-0.4, -0.2) is 65.4 Å². The molecule has 1 saturated heterocycles. The maximum atomic E-state index is 4.78. The van der Waals surface area contributed by atoms with Crippen molar-refractivity contribution in [3.05, 3.63) is 54.4 Å². The molecule has 1 aromatic heterocycles. The van der Waals surface area contributed by atoms with Crippen molar-refractivity contribution in [2.24, 2.45) is 5.10 Å². The van der Waals surface area contributed by atoms with E-state index in [4.69, 9.17) is 5.10 Å². The first-order valence-corrected chi connectivity index (χ1v) is 9.94. The second-order valence-electron chi connectivity index (χ2n) is 7.30. The second-order valence-corrected chi connectivity index (χ2v) is 7.30. The van der Waals surface area contributed by atoms with Gasteiger partial charge in [-0.3, -0.25) is 9.91 Å². The van der Waals surface area contributed by atoms with Crippen LogP contribution in [0.2, 0.25) is 0 Å². The molecule has 1 aromatic carbocycles. The Morgan fingerprint density at radius 1 is 0.963 bits per heavy atom. The molecule has 2 aliphatic rings. The van der Waals surface area contributed by atoms with E-state index in [1.165, 1.54) is 18.4 Å². The number of aromatic nitrogens is 2. The third kappa shape index (κ3) is 3.67. The highest BCUT2D eigenvalue weighted by atomic mass is 15.5. The summed E-state index contributed by atoms with van der Waals surface area (Å²) in [5.41, 5.74) is 1.19. The second kappa shape index (κ2) is 8.05. The highest BCUT2D eigenvalue weighted by Crippen LogP contribution is 2.33. The van der Waals surface area contributed by atoms with E-state index in [0.717, 1.165) is 45.2 Å². The molecule has 0 aliphatic carbocycles. The first-order valence-electron chi connectivity index (χ1n) is 9.94. The molecule has 142 valence electrons. The monoisotopic (exact) mass is 364 g/mol. The van der Waals surface area contributed by atoms with Crippen LogP contribution in [-0.2, 0) is 5.54 Å². The molecule has 0 saturated carbocycles. The Balaban J connectivity index is 1.52. The highest BCUT2D eigenvalue weighted by molar-refractivity contribution is 5.75. The number of hydrazone groups is 1. The fraction of sp³-hybridized carbons (Fsp3) is 0.476. The van der Waals surface area contributed by atoms with Crippen LogP contribution in [0.15, 0.2) is 53.9 Å². The van der Waals surface area contributed by atoms with Gasteiger partial charge in [-0.25, -0.2) is 9.97 Å². The van der Waals surface area contributed by atoms with Gasteiger partial charge in [0.2, 0.25) is 5.95 Å². The van der Waals surface area contributed by atoms with Crippen molar-refractivity contribution in [2.75, 3.05) is 44.2 Å². The van der Waals surface area contributed by atoms with Crippen LogP contribution in [0.4, 0.5) is 5.95 Å². The molecule has 1 atom stereocenters. The lowest BCUT2D eigenvalue weighted by Crippen LogP contribution is -2.58. The molecule has 1 fully saturated rings. The van der Waals surface area contributed by atoms with E-state index in [0.29, 0.717) is 0 Å². The first kappa shape index (κ1) is 17.9. The minimum Gasteiger partial charge on any atom is -0.338 e. The molecule has 0 spiro atoms. The van der Waals surface area contributed by atoms with Crippen LogP contribution in [0, 0.1) is 0 Å². The SMILES string of the molecule is CCCCN1CC(c2ccccc2)(N2CCN(c3ncccn3)CC2)C=N1. The first-order chi connectivity index (χ1) is 13.3. The molecule has 6 nitrogen and oxygen atoms in total. The van der Waals surface area contributed by atoms with Gasteiger partial charge >= 0.3 is 0 Å². The van der Waals surface area contributed by atoms with Gasteiger partial charge in [-0.1, -0.05) is 43.7 Å². The Hall–Kier alpha value is -2.47. The van der Waals surface area contributed by atoms with Crippen molar-refractivity contribution in [1.82, 2.24) is 19.9 Å². The van der Waals surface area contributed by atoms with Crippen LogP contribution < -0.4 is 4.90 Å². The third-order valence-corrected chi connectivity index (χ3v) is 5.58. The molecule has 2 aromatic rings. The van der Waals surface area contributed by atoms with Gasteiger partial charge < -0.3 is 4.90 Å². The zero-order valence-corrected chi connectivity index (χ0v) is 16.0. The normalized spacial score (nSPS) is 23.1. The summed E-state index contributed by atoms with van der Waals surface area (Å²) in [6.45, 7) is 8.00. The number of anilines is 1.